The van der Waals surface area contributed by atoms with E-state index in [4.69, 9.17) is 14.7 Å². The summed E-state index contributed by atoms with van der Waals surface area (Å²) in [5, 5.41) is 1.14. The van der Waals surface area contributed by atoms with Crippen molar-refractivity contribution in [2.24, 2.45) is 5.92 Å². The summed E-state index contributed by atoms with van der Waals surface area (Å²) in [6.45, 7) is 10.6. The van der Waals surface area contributed by atoms with Crippen molar-refractivity contribution in [2.45, 2.75) is 65.2 Å². The van der Waals surface area contributed by atoms with Gasteiger partial charge in [0.1, 0.15) is 17.0 Å². The molecule has 2 aliphatic rings. The van der Waals surface area contributed by atoms with Gasteiger partial charge in [-0.25, -0.2) is 15.0 Å². The monoisotopic (exact) mass is 382 g/mol. The summed E-state index contributed by atoms with van der Waals surface area (Å²) in [5.41, 5.74) is 3.25. The molecule has 3 aromatic heterocycles. The molecule has 1 saturated heterocycles. The van der Waals surface area contributed by atoms with Crippen molar-refractivity contribution in [2.75, 3.05) is 11.4 Å². The number of hydrogen-bond acceptors (Lipinski definition) is 6. The van der Waals surface area contributed by atoms with Gasteiger partial charge < -0.3 is 9.64 Å². The number of ether oxygens (including phenoxy) is 1. The SMILES string of the molecule is C[C@H]1CC[C@@H](C)N(c2ncnc3c2sc2nc4c(cc23)COC(C)(C)C4)C1. The molecular formula is C21H26N4OS. The Morgan fingerprint density at radius 3 is 2.93 bits per heavy atom. The van der Waals surface area contributed by atoms with E-state index in [0.29, 0.717) is 18.6 Å². The smallest absolute Gasteiger partial charge is 0.150 e. The quantitative estimate of drug-likeness (QED) is 0.610. The molecule has 0 amide bonds. The van der Waals surface area contributed by atoms with Crippen LogP contribution in [-0.2, 0) is 17.8 Å². The number of piperidine rings is 1. The summed E-state index contributed by atoms with van der Waals surface area (Å²) >= 11 is 1.74. The molecule has 0 unspecified atom stereocenters. The van der Waals surface area contributed by atoms with E-state index in [1.807, 2.05) is 0 Å². The zero-order valence-corrected chi connectivity index (χ0v) is 17.3. The molecule has 0 aliphatic carbocycles. The van der Waals surface area contributed by atoms with Crippen LogP contribution >= 0.6 is 11.3 Å². The number of pyridine rings is 1. The lowest BCUT2D eigenvalue weighted by Gasteiger charge is -2.37. The van der Waals surface area contributed by atoms with Crippen LogP contribution in [0.2, 0.25) is 0 Å². The summed E-state index contributed by atoms with van der Waals surface area (Å²) in [6, 6.07) is 2.75. The van der Waals surface area contributed by atoms with Gasteiger partial charge in [0.05, 0.1) is 28.1 Å². The predicted molar refractivity (Wildman–Crippen MR) is 110 cm³/mol. The Balaban J connectivity index is 1.67. The molecule has 5 nitrogen and oxygen atoms in total. The van der Waals surface area contributed by atoms with Gasteiger partial charge in [0.15, 0.2) is 0 Å². The fourth-order valence-electron chi connectivity index (χ4n) is 4.36. The second kappa shape index (κ2) is 6.11. The highest BCUT2D eigenvalue weighted by Crippen LogP contribution is 2.40. The van der Waals surface area contributed by atoms with Crippen molar-refractivity contribution >= 4 is 37.6 Å². The largest absolute Gasteiger partial charge is 0.370 e. The number of anilines is 1. The van der Waals surface area contributed by atoms with Crippen LogP contribution in [0.25, 0.3) is 20.4 Å². The molecule has 5 heterocycles. The third kappa shape index (κ3) is 2.90. The Labute approximate surface area is 163 Å². The third-order valence-electron chi connectivity index (χ3n) is 6.00. The molecule has 0 bridgehead atoms. The maximum atomic E-state index is 6.00. The van der Waals surface area contributed by atoms with Crippen LogP contribution in [0.1, 0.15) is 51.8 Å². The molecule has 0 radical (unpaired) electrons. The molecule has 2 aliphatic heterocycles. The zero-order chi connectivity index (χ0) is 18.8. The molecule has 1 fully saturated rings. The maximum Gasteiger partial charge on any atom is 0.150 e. The van der Waals surface area contributed by atoms with E-state index in [0.717, 1.165) is 34.5 Å². The molecule has 0 spiro atoms. The van der Waals surface area contributed by atoms with Crippen LogP contribution in [-0.4, -0.2) is 33.1 Å². The first-order chi connectivity index (χ1) is 12.9. The van der Waals surface area contributed by atoms with Crippen LogP contribution in [0.15, 0.2) is 12.4 Å². The lowest BCUT2D eigenvalue weighted by atomic mass is 9.95. The normalized spacial score (nSPS) is 25.1. The van der Waals surface area contributed by atoms with E-state index in [1.54, 1.807) is 17.7 Å². The van der Waals surface area contributed by atoms with Crippen LogP contribution in [0, 0.1) is 5.92 Å². The second-order valence-corrected chi connectivity index (χ2v) is 9.83. The number of thiophene rings is 1. The molecule has 142 valence electrons. The fraction of sp³-hybridized carbons (Fsp3) is 0.571. The number of hydrogen-bond donors (Lipinski definition) is 0. The highest BCUT2D eigenvalue weighted by molar-refractivity contribution is 7.25. The number of aromatic nitrogens is 3. The second-order valence-electron chi connectivity index (χ2n) is 8.83. The van der Waals surface area contributed by atoms with Gasteiger partial charge in [0, 0.05) is 30.0 Å². The highest BCUT2D eigenvalue weighted by atomic mass is 32.1. The van der Waals surface area contributed by atoms with Gasteiger partial charge in [-0.15, -0.1) is 11.3 Å². The number of rotatable bonds is 1. The number of fused-ring (bicyclic) bond motifs is 4. The Morgan fingerprint density at radius 1 is 1.22 bits per heavy atom. The summed E-state index contributed by atoms with van der Waals surface area (Å²) in [6.07, 6.45) is 5.08. The minimum absolute atomic E-state index is 0.144. The summed E-state index contributed by atoms with van der Waals surface area (Å²) in [7, 11) is 0. The predicted octanol–water partition coefficient (Wildman–Crippen LogP) is 4.72. The molecule has 0 N–H and O–H groups in total. The average Bonchev–Trinajstić information content (AvgIpc) is 2.98. The van der Waals surface area contributed by atoms with E-state index in [1.165, 1.54) is 28.8 Å². The van der Waals surface area contributed by atoms with Crippen molar-refractivity contribution in [1.82, 2.24) is 15.0 Å². The molecule has 5 rings (SSSR count). The van der Waals surface area contributed by atoms with E-state index in [9.17, 15) is 0 Å². The summed E-state index contributed by atoms with van der Waals surface area (Å²) in [5.74, 6) is 1.78. The van der Waals surface area contributed by atoms with E-state index in [-0.39, 0.29) is 5.60 Å². The maximum absolute atomic E-state index is 6.00. The van der Waals surface area contributed by atoms with Gasteiger partial charge in [-0.05, 0) is 45.6 Å². The Bertz CT molecular complexity index is 1030. The molecule has 3 aromatic rings. The minimum Gasteiger partial charge on any atom is -0.370 e. The highest BCUT2D eigenvalue weighted by Gasteiger charge is 2.29. The van der Waals surface area contributed by atoms with Crippen LogP contribution in [0.4, 0.5) is 5.82 Å². The first kappa shape index (κ1) is 17.3. The van der Waals surface area contributed by atoms with Crippen molar-refractivity contribution < 1.29 is 4.74 Å². The number of nitrogens with zero attached hydrogens (tertiary/aromatic N) is 4. The topological polar surface area (TPSA) is 51.1 Å². The van der Waals surface area contributed by atoms with Crippen molar-refractivity contribution in [3.05, 3.63) is 23.7 Å². The van der Waals surface area contributed by atoms with Gasteiger partial charge in [0.25, 0.3) is 0 Å². The molecular weight excluding hydrogens is 356 g/mol. The Kier molecular flexibility index (Phi) is 3.92. The van der Waals surface area contributed by atoms with Gasteiger partial charge in [0.2, 0.25) is 0 Å². The van der Waals surface area contributed by atoms with Gasteiger partial charge in [-0.2, -0.15) is 0 Å². The fourth-order valence-corrected chi connectivity index (χ4v) is 5.50. The summed E-state index contributed by atoms with van der Waals surface area (Å²) < 4.78 is 7.17. The molecule has 0 aromatic carbocycles. The molecule has 6 heteroatoms. The van der Waals surface area contributed by atoms with Crippen molar-refractivity contribution in [3.63, 3.8) is 0 Å². The first-order valence-electron chi connectivity index (χ1n) is 9.88. The van der Waals surface area contributed by atoms with Crippen LogP contribution < -0.4 is 4.90 Å². The van der Waals surface area contributed by atoms with Gasteiger partial charge in [-0.3, -0.25) is 0 Å². The summed E-state index contributed by atoms with van der Waals surface area (Å²) in [4.78, 5) is 17.9. The van der Waals surface area contributed by atoms with Gasteiger partial charge >= 0.3 is 0 Å². The van der Waals surface area contributed by atoms with E-state index >= 15 is 0 Å². The standard InChI is InChI=1S/C21H26N4OS/c1-12-5-6-13(2)25(9-12)19-18-17(22-11-23-19)15-7-14-10-26-21(3,4)8-16(14)24-20(15)27-18/h7,11-13H,5-6,8-10H2,1-4H3/t12-,13+/m0/s1. The van der Waals surface area contributed by atoms with E-state index in [2.05, 4.69) is 43.6 Å². The minimum atomic E-state index is -0.144. The molecule has 2 atom stereocenters. The van der Waals surface area contributed by atoms with E-state index < -0.39 is 0 Å². The van der Waals surface area contributed by atoms with Crippen LogP contribution in [0.5, 0.6) is 0 Å². The Morgan fingerprint density at radius 2 is 2.07 bits per heavy atom. The lowest BCUT2D eigenvalue weighted by Crippen LogP contribution is -2.41. The third-order valence-corrected chi connectivity index (χ3v) is 7.08. The molecule has 0 saturated carbocycles. The van der Waals surface area contributed by atoms with Gasteiger partial charge in [-0.1, -0.05) is 6.92 Å². The van der Waals surface area contributed by atoms with Crippen molar-refractivity contribution in [3.8, 4) is 0 Å². The van der Waals surface area contributed by atoms with Crippen LogP contribution in [0.3, 0.4) is 0 Å². The molecule has 27 heavy (non-hydrogen) atoms. The van der Waals surface area contributed by atoms with Crippen molar-refractivity contribution in [1.29, 1.82) is 0 Å². The lowest BCUT2D eigenvalue weighted by molar-refractivity contribution is -0.0411. The average molecular weight is 383 g/mol. The first-order valence-corrected chi connectivity index (χ1v) is 10.7. The Hall–Kier alpha value is -1.79. The zero-order valence-electron chi connectivity index (χ0n) is 16.5.